The summed E-state index contributed by atoms with van der Waals surface area (Å²) in [5, 5.41) is 11.9. The minimum absolute atomic E-state index is 0.0277. The molecule has 0 unspecified atom stereocenters. The normalized spacial score (nSPS) is 10.2. The van der Waals surface area contributed by atoms with Gasteiger partial charge in [-0.05, 0) is 24.6 Å². The van der Waals surface area contributed by atoms with E-state index in [0.717, 1.165) is 11.1 Å². The zero-order valence-corrected chi connectivity index (χ0v) is 12.1. The van der Waals surface area contributed by atoms with Crippen molar-refractivity contribution in [3.8, 4) is 0 Å². The number of carboxylic acid groups (broad SMARTS) is 1. The van der Waals surface area contributed by atoms with Crippen LogP contribution in [0.1, 0.15) is 21.5 Å². The summed E-state index contributed by atoms with van der Waals surface area (Å²) < 4.78 is 0. The quantitative estimate of drug-likeness (QED) is 0.908. The Hall–Kier alpha value is -2.33. The number of anilines is 1. The van der Waals surface area contributed by atoms with Crippen LogP contribution in [-0.4, -0.2) is 17.0 Å². The van der Waals surface area contributed by atoms with Crippen LogP contribution in [0.5, 0.6) is 0 Å². The molecule has 21 heavy (non-hydrogen) atoms. The number of aryl methyl sites for hydroxylation is 1. The van der Waals surface area contributed by atoms with Gasteiger partial charge in [-0.3, -0.25) is 4.79 Å². The molecular weight excluding hydrogens is 290 g/mol. The fourth-order valence-electron chi connectivity index (χ4n) is 2.02. The lowest BCUT2D eigenvalue weighted by Crippen LogP contribution is -2.17. The van der Waals surface area contributed by atoms with E-state index in [4.69, 9.17) is 16.7 Å². The molecule has 5 heteroatoms. The highest BCUT2D eigenvalue weighted by Crippen LogP contribution is 2.26. The summed E-state index contributed by atoms with van der Waals surface area (Å²) in [6.45, 7) is 1.94. The van der Waals surface area contributed by atoms with E-state index in [1.807, 2.05) is 31.2 Å². The van der Waals surface area contributed by atoms with Crippen LogP contribution >= 0.6 is 11.6 Å². The van der Waals surface area contributed by atoms with Gasteiger partial charge < -0.3 is 10.4 Å². The van der Waals surface area contributed by atoms with E-state index in [9.17, 15) is 9.59 Å². The number of carbonyl (C=O) groups is 2. The highest BCUT2D eigenvalue weighted by atomic mass is 35.5. The number of rotatable bonds is 4. The Morgan fingerprint density at radius 3 is 2.57 bits per heavy atom. The molecule has 4 nitrogen and oxygen atoms in total. The van der Waals surface area contributed by atoms with Gasteiger partial charge in [0.1, 0.15) is 0 Å². The third-order valence-electron chi connectivity index (χ3n) is 2.96. The maximum absolute atomic E-state index is 12.1. The maximum atomic E-state index is 12.1. The molecule has 0 saturated heterocycles. The molecule has 2 aromatic carbocycles. The Morgan fingerprint density at radius 1 is 1.19 bits per heavy atom. The number of hydrogen-bond donors (Lipinski definition) is 2. The molecule has 0 fully saturated rings. The van der Waals surface area contributed by atoms with Crippen molar-refractivity contribution in [2.75, 3.05) is 5.32 Å². The number of carboxylic acids is 1. The molecule has 0 bridgehead atoms. The van der Waals surface area contributed by atoms with Crippen LogP contribution in [0.4, 0.5) is 5.69 Å². The van der Waals surface area contributed by atoms with E-state index in [2.05, 4.69) is 5.32 Å². The minimum atomic E-state index is -1.14. The number of aromatic carboxylic acids is 1. The first kappa shape index (κ1) is 15.1. The first-order chi connectivity index (χ1) is 9.97. The highest BCUT2D eigenvalue weighted by molar-refractivity contribution is 6.34. The van der Waals surface area contributed by atoms with Crippen molar-refractivity contribution < 1.29 is 14.7 Å². The van der Waals surface area contributed by atoms with Crippen molar-refractivity contribution >= 4 is 29.2 Å². The predicted molar refractivity (Wildman–Crippen MR) is 81.9 cm³/mol. The van der Waals surface area contributed by atoms with Crippen molar-refractivity contribution in [1.82, 2.24) is 0 Å². The smallest absolute Gasteiger partial charge is 0.337 e. The van der Waals surface area contributed by atoms with E-state index in [1.54, 1.807) is 0 Å². The second-order valence-electron chi connectivity index (χ2n) is 4.68. The summed E-state index contributed by atoms with van der Waals surface area (Å²) >= 11 is 5.97. The highest BCUT2D eigenvalue weighted by Gasteiger charge is 2.15. The van der Waals surface area contributed by atoms with Gasteiger partial charge in [0, 0.05) is 0 Å². The van der Waals surface area contributed by atoms with Crippen LogP contribution in [0.2, 0.25) is 5.02 Å². The molecule has 2 N–H and O–H groups in total. The van der Waals surface area contributed by atoms with Crippen molar-refractivity contribution in [3.05, 3.63) is 64.2 Å². The second kappa shape index (κ2) is 6.41. The standard InChI is InChI=1S/C16H14ClNO3/c1-10-4-2-5-11(8-10)9-14(19)18-15-12(16(20)21)6-3-7-13(15)17/h2-8H,9H2,1H3,(H,18,19)(H,20,21). The van der Waals surface area contributed by atoms with Gasteiger partial charge in [0.15, 0.2) is 0 Å². The molecule has 2 aromatic rings. The van der Waals surface area contributed by atoms with Gasteiger partial charge in [-0.1, -0.05) is 47.5 Å². The van der Waals surface area contributed by atoms with Crippen molar-refractivity contribution in [2.24, 2.45) is 0 Å². The first-order valence-corrected chi connectivity index (χ1v) is 6.72. The largest absolute Gasteiger partial charge is 0.478 e. The number of para-hydroxylation sites is 1. The number of amides is 1. The summed E-state index contributed by atoms with van der Waals surface area (Å²) in [4.78, 5) is 23.2. The van der Waals surface area contributed by atoms with Crippen molar-refractivity contribution in [2.45, 2.75) is 13.3 Å². The first-order valence-electron chi connectivity index (χ1n) is 6.34. The third-order valence-corrected chi connectivity index (χ3v) is 3.27. The lowest BCUT2D eigenvalue weighted by atomic mass is 10.1. The fourth-order valence-corrected chi connectivity index (χ4v) is 2.24. The Bertz CT molecular complexity index is 698. The van der Waals surface area contributed by atoms with Crippen LogP contribution in [-0.2, 0) is 11.2 Å². The van der Waals surface area contributed by atoms with E-state index < -0.39 is 5.97 Å². The van der Waals surface area contributed by atoms with Gasteiger partial charge in [-0.2, -0.15) is 0 Å². The molecule has 0 saturated carbocycles. The van der Waals surface area contributed by atoms with Crippen LogP contribution in [0.15, 0.2) is 42.5 Å². The van der Waals surface area contributed by atoms with Gasteiger partial charge in [0.2, 0.25) is 5.91 Å². The Balaban J connectivity index is 2.18. The lowest BCUT2D eigenvalue weighted by molar-refractivity contribution is -0.115. The lowest BCUT2D eigenvalue weighted by Gasteiger charge is -2.10. The van der Waals surface area contributed by atoms with Crippen molar-refractivity contribution in [3.63, 3.8) is 0 Å². The Morgan fingerprint density at radius 2 is 1.90 bits per heavy atom. The van der Waals surface area contributed by atoms with Crippen LogP contribution in [0.25, 0.3) is 0 Å². The molecule has 0 aliphatic carbocycles. The van der Waals surface area contributed by atoms with Crippen LogP contribution in [0, 0.1) is 6.92 Å². The summed E-state index contributed by atoms with van der Waals surface area (Å²) in [5.41, 5.74) is 2.02. The molecule has 0 atom stereocenters. The van der Waals surface area contributed by atoms with Crippen LogP contribution in [0.3, 0.4) is 0 Å². The molecule has 0 spiro atoms. The summed E-state index contributed by atoms with van der Waals surface area (Å²) in [6, 6.07) is 12.0. The average molecular weight is 304 g/mol. The zero-order chi connectivity index (χ0) is 15.4. The molecule has 2 rings (SSSR count). The summed E-state index contributed by atoms with van der Waals surface area (Å²) in [6.07, 6.45) is 0.159. The molecular formula is C16H14ClNO3. The topological polar surface area (TPSA) is 66.4 Å². The molecule has 0 aliphatic heterocycles. The van der Waals surface area contributed by atoms with E-state index in [1.165, 1.54) is 18.2 Å². The monoisotopic (exact) mass is 303 g/mol. The van der Waals surface area contributed by atoms with Crippen LogP contribution < -0.4 is 5.32 Å². The third kappa shape index (κ3) is 3.83. The number of halogens is 1. The van der Waals surface area contributed by atoms with E-state index in [-0.39, 0.29) is 28.6 Å². The molecule has 0 aliphatic rings. The average Bonchev–Trinajstić information content (AvgIpc) is 2.40. The maximum Gasteiger partial charge on any atom is 0.337 e. The van der Waals surface area contributed by atoms with Gasteiger partial charge in [-0.15, -0.1) is 0 Å². The van der Waals surface area contributed by atoms with Gasteiger partial charge in [0.05, 0.1) is 22.7 Å². The fraction of sp³-hybridized carbons (Fsp3) is 0.125. The van der Waals surface area contributed by atoms with E-state index >= 15 is 0 Å². The Labute approximate surface area is 127 Å². The van der Waals surface area contributed by atoms with Gasteiger partial charge >= 0.3 is 5.97 Å². The molecule has 108 valence electrons. The SMILES string of the molecule is Cc1cccc(CC(=O)Nc2c(Cl)cccc2C(=O)O)c1. The zero-order valence-electron chi connectivity index (χ0n) is 11.4. The molecule has 0 aromatic heterocycles. The van der Waals surface area contributed by atoms with Gasteiger partial charge in [0.25, 0.3) is 0 Å². The summed E-state index contributed by atoms with van der Waals surface area (Å²) in [5.74, 6) is -1.44. The second-order valence-corrected chi connectivity index (χ2v) is 5.09. The molecule has 0 heterocycles. The number of carbonyl (C=O) groups excluding carboxylic acids is 1. The number of hydrogen-bond acceptors (Lipinski definition) is 2. The number of nitrogens with one attached hydrogen (secondary N) is 1. The molecule has 0 radical (unpaired) electrons. The van der Waals surface area contributed by atoms with Gasteiger partial charge in [-0.25, -0.2) is 4.79 Å². The Kier molecular flexibility index (Phi) is 4.60. The minimum Gasteiger partial charge on any atom is -0.478 e. The summed E-state index contributed by atoms with van der Waals surface area (Å²) in [7, 11) is 0. The van der Waals surface area contributed by atoms with Crippen molar-refractivity contribution in [1.29, 1.82) is 0 Å². The molecule has 1 amide bonds. The van der Waals surface area contributed by atoms with E-state index in [0.29, 0.717) is 0 Å². The number of benzene rings is 2. The predicted octanol–water partition coefficient (Wildman–Crippen LogP) is 3.53.